The average molecular weight is 220 g/mol. The molecular formula is C13H20N2O. The standard InChI is InChI=1S/C13H20N2O/c1-16-15-9-5-8-14(10-11-15)12-13-6-3-2-4-7-13/h2-4,6-7H,5,8-12H2,1H3. The highest BCUT2D eigenvalue weighted by molar-refractivity contribution is 5.14. The van der Waals surface area contributed by atoms with Crippen molar-refractivity contribution in [3.05, 3.63) is 35.9 Å². The van der Waals surface area contributed by atoms with Crippen LogP contribution in [0.4, 0.5) is 0 Å². The summed E-state index contributed by atoms with van der Waals surface area (Å²) in [5.41, 5.74) is 1.40. The van der Waals surface area contributed by atoms with Gasteiger partial charge in [-0.05, 0) is 18.5 Å². The lowest BCUT2D eigenvalue weighted by Gasteiger charge is -2.20. The average Bonchev–Trinajstić information content (AvgIpc) is 2.56. The third kappa shape index (κ3) is 3.30. The Morgan fingerprint density at radius 3 is 2.62 bits per heavy atom. The van der Waals surface area contributed by atoms with Crippen LogP contribution in [-0.2, 0) is 11.4 Å². The van der Waals surface area contributed by atoms with Gasteiger partial charge in [0.1, 0.15) is 0 Å². The minimum atomic E-state index is 1.00. The predicted molar refractivity (Wildman–Crippen MR) is 64.9 cm³/mol. The van der Waals surface area contributed by atoms with Crippen molar-refractivity contribution in [2.75, 3.05) is 33.3 Å². The molecule has 1 fully saturated rings. The Labute approximate surface area is 97.6 Å². The molecule has 0 saturated carbocycles. The van der Waals surface area contributed by atoms with Gasteiger partial charge in [0.2, 0.25) is 0 Å². The second-order valence-electron chi connectivity index (χ2n) is 4.23. The van der Waals surface area contributed by atoms with Gasteiger partial charge in [0, 0.05) is 26.2 Å². The van der Waals surface area contributed by atoms with Gasteiger partial charge in [0.05, 0.1) is 7.11 Å². The van der Waals surface area contributed by atoms with Crippen LogP contribution in [0.5, 0.6) is 0 Å². The fourth-order valence-corrected chi connectivity index (χ4v) is 2.13. The van der Waals surface area contributed by atoms with Crippen LogP contribution < -0.4 is 0 Å². The summed E-state index contributed by atoms with van der Waals surface area (Å²) < 4.78 is 0. The molecule has 16 heavy (non-hydrogen) atoms. The summed E-state index contributed by atoms with van der Waals surface area (Å²) in [5.74, 6) is 0. The molecule has 1 aliphatic heterocycles. The van der Waals surface area contributed by atoms with E-state index in [1.807, 2.05) is 5.06 Å². The fraction of sp³-hybridized carbons (Fsp3) is 0.538. The van der Waals surface area contributed by atoms with Gasteiger partial charge in [0.15, 0.2) is 0 Å². The summed E-state index contributed by atoms with van der Waals surface area (Å²) in [6, 6.07) is 10.7. The molecule has 0 radical (unpaired) electrons. The van der Waals surface area contributed by atoms with E-state index in [0.717, 1.165) is 32.7 Å². The lowest BCUT2D eigenvalue weighted by Crippen LogP contribution is -2.29. The molecular weight excluding hydrogens is 200 g/mol. The van der Waals surface area contributed by atoms with Gasteiger partial charge in [0.25, 0.3) is 0 Å². The van der Waals surface area contributed by atoms with E-state index in [1.54, 1.807) is 7.11 Å². The summed E-state index contributed by atoms with van der Waals surface area (Å²) >= 11 is 0. The highest BCUT2D eigenvalue weighted by Crippen LogP contribution is 2.08. The SMILES string of the molecule is CON1CCCN(Cc2ccccc2)CC1. The summed E-state index contributed by atoms with van der Waals surface area (Å²) in [6.45, 7) is 5.35. The number of benzene rings is 1. The first kappa shape index (κ1) is 11.6. The zero-order valence-electron chi connectivity index (χ0n) is 9.93. The first-order valence-corrected chi connectivity index (χ1v) is 5.94. The van der Waals surface area contributed by atoms with E-state index in [1.165, 1.54) is 12.0 Å². The molecule has 0 aliphatic carbocycles. The van der Waals surface area contributed by atoms with Crippen molar-refractivity contribution in [2.45, 2.75) is 13.0 Å². The molecule has 1 aliphatic rings. The predicted octanol–water partition coefficient (Wildman–Crippen LogP) is 1.76. The zero-order valence-corrected chi connectivity index (χ0v) is 9.93. The van der Waals surface area contributed by atoms with Gasteiger partial charge in [-0.2, -0.15) is 5.06 Å². The van der Waals surface area contributed by atoms with Crippen LogP contribution in [-0.4, -0.2) is 43.3 Å². The second kappa shape index (κ2) is 5.99. The molecule has 1 saturated heterocycles. The monoisotopic (exact) mass is 220 g/mol. The molecule has 1 heterocycles. The number of rotatable bonds is 3. The largest absolute Gasteiger partial charge is 0.302 e. The van der Waals surface area contributed by atoms with Crippen molar-refractivity contribution in [2.24, 2.45) is 0 Å². The molecule has 1 aromatic carbocycles. The van der Waals surface area contributed by atoms with Crippen molar-refractivity contribution in [1.29, 1.82) is 0 Å². The summed E-state index contributed by atoms with van der Waals surface area (Å²) in [5, 5.41) is 2.05. The van der Waals surface area contributed by atoms with Gasteiger partial charge >= 0.3 is 0 Å². The molecule has 0 N–H and O–H groups in total. The van der Waals surface area contributed by atoms with E-state index in [2.05, 4.69) is 35.2 Å². The maximum Gasteiger partial charge on any atom is 0.0575 e. The molecule has 1 aromatic rings. The molecule has 0 atom stereocenters. The molecule has 0 bridgehead atoms. The lowest BCUT2D eigenvalue weighted by atomic mass is 10.2. The lowest BCUT2D eigenvalue weighted by molar-refractivity contribution is -0.127. The first-order valence-electron chi connectivity index (χ1n) is 5.94. The van der Waals surface area contributed by atoms with E-state index in [9.17, 15) is 0 Å². The highest BCUT2D eigenvalue weighted by atomic mass is 16.7. The minimum Gasteiger partial charge on any atom is -0.302 e. The van der Waals surface area contributed by atoms with Crippen LogP contribution in [0.1, 0.15) is 12.0 Å². The molecule has 0 amide bonds. The number of hydrogen-bond acceptors (Lipinski definition) is 3. The zero-order chi connectivity index (χ0) is 11.2. The fourth-order valence-electron chi connectivity index (χ4n) is 2.13. The summed E-state index contributed by atoms with van der Waals surface area (Å²) in [7, 11) is 1.76. The second-order valence-corrected chi connectivity index (χ2v) is 4.23. The molecule has 0 spiro atoms. The number of nitrogens with zero attached hydrogens (tertiary/aromatic N) is 2. The first-order chi connectivity index (χ1) is 7.88. The molecule has 3 heteroatoms. The van der Waals surface area contributed by atoms with Crippen molar-refractivity contribution in [3.8, 4) is 0 Å². The normalized spacial score (nSPS) is 19.6. The van der Waals surface area contributed by atoms with E-state index >= 15 is 0 Å². The minimum absolute atomic E-state index is 1.00. The molecule has 3 nitrogen and oxygen atoms in total. The Kier molecular flexibility index (Phi) is 4.34. The van der Waals surface area contributed by atoms with Crippen molar-refractivity contribution in [1.82, 2.24) is 9.96 Å². The van der Waals surface area contributed by atoms with Crippen LogP contribution >= 0.6 is 0 Å². The van der Waals surface area contributed by atoms with Gasteiger partial charge in [-0.3, -0.25) is 4.90 Å². The van der Waals surface area contributed by atoms with Crippen LogP contribution in [0.2, 0.25) is 0 Å². The summed E-state index contributed by atoms with van der Waals surface area (Å²) in [6.07, 6.45) is 1.18. The third-order valence-electron chi connectivity index (χ3n) is 3.05. The number of hydroxylamine groups is 2. The molecule has 0 aromatic heterocycles. The van der Waals surface area contributed by atoms with Gasteiger partial charge in [-0.1, -0.05) is 30.3 Å². The third-order valence-corrected chi connectivity index (χ3v) is 3.05. The Morgan fingerprint density at radius 2 is 1.88 bits per heavy atom. The van der Waals surface area contributed by atoms with Crippen molar-refractivity contribution < 1.29 is 4.84 Å². The summed E-state index contributed by atoms with van der Waals surface area (Å²) in [4.78, 5) is 7.77. The smallest absolute Gasteiger partial charge is 0.0575 e. The molecule has 0 unspecified atom stereocenters. The van der Waals surface area contributed by atoms with E-state index in [4.69, 9.17) is 4.84 Å². The quantitative estimate of drug-likeness (QED) is 0.772. The maximum atomic E-state index is 5.28. The Balaban J connectivity index is 1.86. The topological polar surface area (TPSA) is 15.7 Å². The Hall–Kier alpha value is -0.900. The van der Waals surface area contributed by atoms with Crippen molar-refractivity contribution >= 4 is 0 Å². The number of hydrogen-bond donors (Lipinski definition) is 0. The molecule has 2 rings (SSSR count). The van der Waals surface area contributed by atoms with Crippen LogP contribution in [0.25, 0.3) is 0 Å². The van der Waals surface area contributed by atoms with Crippen LogP contribution in [0.3, 0.4) is 0 Å². The maximum absolute atomic E-state index is 5.28. The van der Waals surface area contributed by atoms with E-state index < -0.39 is 0 Å². The highest BCUT2D eigenvalue weighted by Gasteiger charge is 2.14. The Bertz CT molecular complexity index is 302. The van der Waals surface area contributed by atoms with Gasteiger partial charge in [-0.15, -0.1) is 0 Å². The van der Waals surface area contributed by atoms with Gasteiger partial charge < -0.3 is 4.84 Å². The van der Waals surface area contributed by atoms with Gasteiger partial charge in [-0.25, -0.2) is 0 Å². The van der Waals surface area contributed by atoms with Crippen LogP contribution in [0.15, 0.2) is 30.3 Å². The molecule has 88 valence electrons. The van der Waals surface area contributed by atoms with E-state index in [0.29, 0.717) is 0 Å². The van der Waals surface area contributed by atoms with Crippen molar-refractivity contribution in [3.63, 3.8) is 0 Å². The van der Waals surface area contributed by atoms with Crippen LogP contribution in [0, 0.1) is 0 Å². The van der Waals surface area contributed by atoms with E-state index in [-0.39, 0.29) is 0 Å². The Morgan fingerprint density at radius 1 is 1.06 bits per heavy atom.